The summed E-state index contributed by atoms with van der Waals surface area (Å²) in [6.07, 6.45) is 5.78. The number of carbonyl (C=O) groups is 1. The van der Waals surface area contributed by atoms with Gasteiger partial charge in [0.25, 0.3) is 5.56 Å². The highest BCUT2D eigenvalue weighted by atomic mass is 32.2. The van der Waals surface area contributed by atoms with Gasteiger partial charge in [-0.05, 0) is 43.6 Å². The van der Waals surface area contributed by atoms with E-state index >= 15 is 0 Å². The first-order valence-electron chi connectivity index (χ1n) is 9.68. The average molecular weight is 385 g/mol. The molecule has 27 heavy (non-hydrogen) atoms. The number of hydrogen-bond donors (Lipinski definition) is 1. The number of hydrogen-bond acceptors (Lipinski definition) is 5. The number of aromatic amines is 1. The van der Waals surface area contributed by atoms with E-state index < -0.39 is 0 Å². The SMILES string of the molecule is CCOC(=O)CSc1nc2c(c(=O)[nH]1)C(C1CCCC1)Cc1ccccc1-2. The van der Waals surface area contributed by atoms with Crippen molar-refractivity contribution in [1.82, 2.24) is 9.97 Å². The Hall–Kier alpha value is -2.08. The second kappa shape index (κ2) is 7.89. The van der Waals surface area contributed by atoms with E-state index in [-0.39, 0.29) is 23.2 Å². The number of carbonyl (C=O) groups excluding carboxylic acids is 1. The maximum absolute atomic E-state index is 13.0. The van der Waals surface area contributed by atoms with Crippen molar-refractivity contribution in [3.05, 3.63) is 45.7 Å². The second-order valence-corrected chi connectivity index (χ2v) is 8.20. The highest BCUT2D eigenvalue weighted by molar-refractivity contribution is 7.99. The number of fused-ring (bicyclic) bond motifs is 3. The van der Waals surface area contributed by atoms with Crippen LogP contribution in [0.25, 0.3) is 11.3 Å². The number of aromatic nitrogens is 2. The van der Waals surface area contributed by atoms with Crippen LogP contribution < -0.4 is 5.56 Å². The van der Waals surface area contributed by atoms with E-state index in [9.17, 15) is 9.59 Å². The topological polar surface area (TPSA) is 72.0 Å². The van der Waals surface area contributed by atoms with Crippen molar-refractivity contribution in [1.29, 1.82) is 0 Å². The van der Waals surface area contributed by atoms with Crippen molar-refractivity contribution < 1.29 is 9.53 Å². The normalized spacial score (nSPS) is 18.8. The molecule has 0 amide bonds. The van der Waals surface area contributed by atoms with E-state index in [1.54, 1.807) is 6.92 Å². The Morgan fingerprint density at radius 3 is 2.85 bits per heavy atom. The van der Waals surface area contributed by atoms with Gasteiger partial charge >= 0.3 is 5.97 Å². The lowest BCUT2D eigenvalue weighted by Gasteiger charge is -2.30. The number of rotatable bonds is 5. The van der Waals surface area contributed by atoms with Crippen LogP contribution >= 0.6 is 11.8 Å². The number of nitrogens with zero attached hydrogens (tertiary/aromatic N) is 1. The van der Waals surface area contributed by atoms with Gasteiger partial charge in [0.2, 0.25) is 0 Å². The maximum atomic E-state index is 13.0. The average Bonchev–Trinajstić information content (AvgIpc) is 3.20. The predicted octanol–water partition coefficient (Wildman–Crippen LogP) is 3.92. The summed E-state index contributed by atoms with van der Waals surface area (Å²) in [4.78, 5) is 32.3. The first-order chi connectivity index (χ1) is 13.2. The van der Waals surface area contributed by atoms with Gasteiger partial charge in [-0.25, -0.2) is 4.98 Å². The molecular formula is C21H24N2O3S. The molecule has 0 aliphatic heterocycles. The van der Waals surface area contributed by atoms with Crippen LogP contribution in [-0.2, 0) is 16.0 Å². The molecule has 0 spiro atoms. The van der Waals surface area contributed by atoms with Crippen LogP contribution in [0.5, 0.6) is 0 Å². The summed E-state index contributed by atoms with van der Waals surface area (Å²) in [5.74, 6) is 0.631. The van der Waals surface area contributed by atoms with E-state index in [4.69, 9.17) is 9.72 Å². The molecule has 2 aliphatic carbocycles. The first kappa shape index (κ1) is 18.3. The van der Waals surface area contributed by atoms with Crippen molar-refractivity contribution in [2.75, 3.05) is 12.4 Å². The maximum Gasteiger partial charge on any atom is 0.316 e. The Kier molecular flexibility index (Phi) is 5.34. The van der Waals surface area contributed by atoms with Gasteiger partial charge in [-0.3, -0.25) is 9.59 Å². The van der Waals surface area contributed by atoms with Crippen LogP contribution in [0.2, 0.25) is 0 Å². The Balaban J connectivity index is 1.73. The van der Waals surface area contributed by atoms with E-state index in [1.807, 2.05) is 12.1 Å². The molecule has 1 aromatic carbocycles. The zero-order valence-corrected chi connectivity index (χ0v) is 16.3. The first-order valence-corrected chi connectivity index (χ1v) is 10.7. The lowest BCUT2D eigenvalue weighted by molar-refractivity contribution is -0.139. The van der Waals surface area contributed by atoms with Gasteiger partial charge in [0.05, 0.1) is 18.1 Å². The molecule has 142 valence electrons. The number of H-pyrrole nitrogens is 1. The van der Waals surface area contributed by atoms with Crippen LogP contribution in [0.1, 0.15) is 49.7 Å². The molecule has 1 atom stereocenters. The number of ether oxygens (including phenoxy) is 1. The summed E-state index contributed by atoms with van der Waals surface area (Å²) < 4.78 is 4.97. The Morgan fingerprint density at radius 2 is 2.07 bits per heavy atom. The highest BCUT2D eigenvalue weighted by Gasteiger charge is 2.35. The molecule has 1 heterocycles. The van der Waals surface area contributed by atoms with Crippen molar-refractivity contribution in [2.24, 2.45) is 5.92 Å². The summed E-state index contributed by atoms with van der Waals surface area (Å²) in [5, 5.41) is 0.480. The molecule has 2 aliphatic rings. The van der Waals surface area contributed by atoms with Crippen molar-refractivity contribution in [2.45, 2.75) is 50.1 Å². The molecule has 0 radical (unpaired) electrons. The lowest BCUT2D eigenvalue weighted by atomic mass is 9.74. The molecule has 1 aromatic heterocycles. The summed E-state index contributed by atoms with van der Waals surface area (Å²) in [6, 6.07) is 8.24. The third-order valence-electron chi connectivity index (χ3n) is 5.62. The minimum atomic E-state index is -0.299. The predicted molar refractivity (Wildman–Crippen MR) is 106 cm³/mol. The van der Waals surface area contributed by atoms with Crippen LogP contribution in [0, 0.1) is 5.92 Å². The zero-order valence-electron chi connectivity index (χ0n) is 15.5. The molecule has 1 unspecified atom stereocenters. The fourth-order valence-corrected chi connectivity index (χ4v) is 5.10. The third-order valence-corrected chi connectivity index (χ3v) is 6.46. The minimum Gasteiger partial charge on any atom is -0.465 e. The number of esters is 1. The summed E-state index contributed by atoms with van der Waals surface area (Å²) in [7, 11) is 0. The molecule has 1 saturated carbocycles. The summed E-state index contributed by atoms with van der Waals surface area (Å²) >= 11 is 1.22. The Bertz CT molecular complexity index is 903. The molecule has 1 N–H and O–H groups in total. The van der Waals surface area contributed by atoms with Gasteiger partial charge in [-0.15, -0.1) is 0 Å². The third kappa shape index (κ3) is 3.68. The standard InChI is InChI=1S/C21H24N2O3S/c1-2-26-17(24)12-27-21-22-19-15-10-6-5-9-14(15)11-16(13-7-3-4-8-13)18(19)20(25)23-21/h5-6,9-10,13,16H,2-4,7-8,11-12H2,1H3,(H,22,23,25). The van der Waals surface area contributed by atoms with Gasteiger partial charge < -0.3 is 9.72 Å². The quantitative estimate of drug-likeness (QED) is 0.480. The van der Waals surface area contributed by atoms with Crippen LogP contribution in [0.15, 0.2) is 34.2 Å². The van der Waals surface area contributed by atoms with Gasteiger partial charge in [-0.1, -0.05) is 48.9 Å². The van der Waals surface area contributed by atoms with E-state index in [0.717, 1.165) is 23.2 Å². The van der Waals surface area contributed by atoms with Gasteiger partial charge in [0.1, 0.15) is 0 Å². The van der Waals surface area contributed by atoms with Crippen molar-refractivity contribution >= 4 is 17.7 Å². The number of thioether (sulfide) groups is 1. The van der Waals surface area contributed by atoms with E-state index in [1.165, 1.54) is 43.0 Å². The zero-order chi connectivity index (χ0) is 18.8. The molecular weight excluding hydrogens is 360 g/mol. The number of nitrogens with one attached hydrogen (secondary N) is 1. The van der Waals surface area contributed by atoms with Gasteiger partial charge in [0.15, 0.2) is 5.16 Å². The van der Waals surface area contributed by atoms with Crippen LogP contribution in [0.4, 0.5) is 0 Å². The van der Waals surface area contributed by atoms with E-state index in [0.29, 0.717) is 17.7 Å². The Labute approximate surface area is 162 Å². The molecule has 5 nitrogen and oxygen atoms in total. The highest BCUT2D eigenvalue weighted by Crippen LogP contribution is 2.45. The van der Waals surface area contributed by atoms with Crippen molar-refractivity contribution in [3.8, 4) is 11.3 Å². The van der Waals surface area contributed by atoms with Crippen LogP contribution in [0.3, 0.4) is 0 Å². The molecule has 6 heteroatoms. The van der Waals surface area contributed by atoms with Gasteiger partial charge in [-0.2, -0.15) is 0 Å². The fraction of sp³-hybridized carbons (Fsp3) is 0.476. The molecule has 2 aromatic rings. The Morgan fingerprint density at radius 1 is 1.30 bits per heavy atom. The largest absolute Gasteiger partial charge is 0.465 e. The monoisotopic (exact) mass is 384 g/mol. The fourth-order valence-electron chi connectivity index (χ4n) is 4.44. The molecule has 4 rings (SSSR count). The summed E-state index contributed by atoms with van der Waals surface area (Å²) in [6.45, 7) is 2.13. The van der Waals surface area contributed by atoms with Gasteiger partial charge in [0, 0.05) is 11.1 Å². The van der Waals surface area contributed by atoms with E-state index in [2.05, 4.69) is 17.1 Å². The second-order valence-electron chi connectivity index (χ2n) is 7.24. The van der Waals surface area contributed by atoms with Crippen LogP contribution in [-0.4, -0.2) is 28.3 Å². The summed E-state index contributed by atoms with van der Waals surface area (Å²) in [5.41, 5.74) is 3.88. The number of benzene rings is 1. The molecule has 0 saturated heterocycles. The lowest BCUT2D eigenvalue weighted by Crippen LogP contribution is -2.28. The minimum absolute atomic E-state index is 0.0576. The smallest absolute Gasteiger partial charge is 0.316 e. The van der Waals surface area contributed by atoms with Crippen molar-refractivity contribution in [3.63, 3.8) is 0 Å². The molecule has 1 fully saturated rings. The molecule has 0 bridgehead atoms.